The van der Waals surface area contributed by atoms with E-state index in [9.17, 15) is 15.2 Å². The van der Waals surface area contributed by atoms with E-state index in [2.05, 4.69) is 4.99 Å². The molecule has 21 heavy (non-hydrogen) atoms. The average molecular weight is 286 g/mol. The number of methoxy groups -OCH3 is 1. The first-order valence-electron chi connectivity index (χ1n) is 6.18. The van der Waals surface area contributed by atoms with Gasteiger partial charge in [0, 0.05) is 17.8 Å². The van der Waals surface area contributed by atoms with Crippen molar-refractivity contribution in [3.8, 4) is 11.5 Å². The van der Waals surface area contributed by atoms with E-state index in [1.165, 1.54) is 25.5 Å². The number of hydrogen-bond acceptors (Lipinski definition) is 5. The van der Waals surface area contributed by atoms with Crippen LogP contribution in [0.1, 0.15) is 11.1 Å². The minimum absolute atomic E-state index is 0.0374. The van der Waals surface area contributed by atoms with Crippen LogP contribution >= 0.6 is 0 Å². The molecular formula is C15H14N2O4. The predicted octanol–water partition coefficient (Wildman–Crippen LogP) is 3.37. The van der Waals surface area contributed by atoms with Gasteiger partial charge >= 0.3 is 5.69 Å². The highest BCUT2D eigenvalue weighted by Crippen LogP contribution is 2.36. The summed E-state index contributed by atoms with van der Waals surface area (Å²) in [6.07, 6.45) is 1.50. The van der Waals surface area contributed by atoms with Crippen molar-refractivity contribution < 1.29 is 14.8 Å². The van der Waals surface area contributed by atoms with Gasteiger partial charge in [0.25, 0.3) is 0 Å². The maximum absolute atomic E-state index is 10.9. The Morgan fingerprint density at radius 2 is 2.05 bits per heavy atom. The quantitative estimate of drug-likeness (QED) is 0.530. The summed E-state index contributed by atoms with van der Waals surface area (Å²) < 4.78 is 4.94. The molecule has 0 spiro atoms. The summed E-state index contributed by atoms with van der Waals surface area (Å²) in [5.41, 5.74) is 1.82. The molecule has 108 valence electrons. The highest BCUT2D eigenvalue weighted by molar-refractivity contribution is 5.85. The van der Waals surface area contributed by atoms with Crippen molar-refractivity contribution in [2.45, 2.75) is 6.92 Å². The summed E-state index contributed by atoms with van der Waals surface area (Å²) in [6, 6.07) is 10.3. The first-order valence-corrected chi connectivity index (χ1v) is 6.18. The molecule has 0 fully saturated rings. The van der Waals surface area contributed by atoms with Crippen LogP contribution in [0.2, 0.25) is 0 Å². The zero-order chi connectivity index (χ0) is 15.4. The maximum atomic E-state index is 10.9. The number of aromatic hydroxyl groups is 1. The van der Waals surface area contributed by atoms with Crippen LogP contribution in [0.25, 0.3) is 0 Å². The first kappa shape index (κ1) is 14.5. The van der Waals surface area contributed by atoms with Gasteiger partial charge < -0.3 is 9.84 Å². The second kappa shape index (κ2) is 6.04. The van der Waals surface area contributed by atoms with Crippen molar-refractivity contribution in [1.29, 1.82) is 0 Å². The number of phenolic OH excluding ortho intramolecular Hbond substituents is 1. The molecule has 6 nitrogen and oxygen atoms in total. The van der Waals surface area contributed by atoms with Crippen LogP contribution in [0, 0.1) is 17.0 Å². The number of hydrogen-bond donors (Lipinski definition) is 1. The lowest BCUT2D eigenvalue weighted by Crippen LogP contribution is -1.94. The summed E-state index contributed by atoms with van der Waals surface area (Å²) in [5.74, 6) is -0.453. The van der Waals surface area contributed by atoms with Crippen LogP contribution in [0.4, 0.5) is 11.4 Å². The molecule has 0 bridgehead atoms. The van der Waals surface area contributed by atoms with Gasteiger partial charge in [0.15, 0.2) is 5.75 Å². The Bertz CT molecular complexity index is 711. The Kier molecular flexibility index (Phi) is 4.18. The summed E-state index contributed by atoms with van der Waals surface area (Å²) in [7, 11) is 1.33. The number of nitrogens with zero attached hydrogens (tertiary/aromatic N) is 2. The Morgan fingerprint density at radius 3 is 2.67 bits per heavy atom. The third-order valence-electron chi connectivity index (χ3n) is 2.96. The molecule has 0 saturated carbocycles. The topological polar surface area (TPSA) is 85.0 Å². The molecule has 0 heterocycles. The van der Waals surface area contributed by atoms with Gasteiger partial charge in [-0.1, -0.05) is 18.2 Å². The number of benzene rings is 2. The SMILES string of the molecule is COc1cc(C=Nc2ccccc2C)cc([N+](=O)[O-])c1O. The summed E-state index contributed by atoms with van der Waals surface area (Å²) in [5, 5.41) is 20.6. The van der Waals surface area contributed by atoms with Gasteiger partial charge in [0.05, 0.1) is 17.7 Å². The summed E-state index contributed by atoms with van der Waals surface area (Å²) in [4.78, 5) is 14.5. The zero-order valence-corrected chi connectivity index (χ0v) is 11.6. The van der Waals surface area contributed by atoms with Crippen LogP contribution in [-0.4, -0.2) is 23.4 Å². The third-order valence-corrected chi connectivity index (χ3v) is 2.96. The molecule has 0 aliphatic rings. The van der Waals surface area contributed by atoms with Gasteiger partial charge in [-0.25, -0.2) is 0 Å². The number of ether oxygens (including phenoxy) is 1. The fourth-order valence-corrected chi connectivity index (χ4v) is 1.84. The molecular weight excluding hydrogens is 272 g/mol. The fourth-order valence-electron chi connectivity index (χ4n) is 1.84. The Balaban J connectivity index is 2.43. The number of nitro groups is 1. The van der Waals surface area contributed by atoms with Crippen molar-refractivity contribution in [2.24, 2.45) is 4.99 Å². The molecule has 0 aliphatic heterocycles. The number of nitro benzene ring substituents is 1. The summed E-state index contributed by atoms with van der Waals surface area (Å²) >= 11 is 0. The fraction of sp³-hybridized carbons (Fsp3) is 0.133. The molecule has 1 N–H and O–H groups in total. The Morgan fingerprint density at radius 1 is 1.33 bits per heavy atom. The molecule has 0 unspecified atom stereocenters. The van der Waals surface area contributed by atoms with Crippen LogP contribution in [0.5, 0.6) is 11.5 Å². The van der Waals surface area contributed by atoms with E-state index in [-0.39, 0.29) is 5.75 Å². The largest absolute Gasteiger partial charge is 0.500 e. The van der Waals surface area contributed by atoms with Crippen molar-refractivity contribution in [2.75, 3.05) is 7.11 Å². The lowest BCUT2D eigenvalue weighted by molar-refractivity contribution is -0.386. The average Bonchev–Trinajstić information content (AvgIpc) is 2.47. The Labute approximate surface area is 121 Å². The van der Waals surface area contributed by atoms with Crippen LogP contribution in [0.3, 0.4) is 0 Å². The molecule has 2 aromatic rings. The van der Waals surface area contributed by atoms with Gasteiger partial charge in [0.1, 0.15) is 0 Å². The smallest absolute Gasteiger partial charge is 0.315 e. The Hall–Kier alpha value is -2.89. The van der Waals surface area contributed by atoms with Crippen molar-refractivity contribution in [3.05, 3.63) is 57.6 Å². The standard InChI is InChI=1S/C15H14N2O4/c1-10-5-3-4-6-12(10)16-9-11-7-13(17(19)20)15(18)14(8-11)21-2/h3-9,18H,1-2H3. The minimum Gasteiger partial charge on any atom is -0.500 e. The van der Waals surface area contributed by atoms with E-state index < -0.39 is 16.4 Å². The maximum Gasteiger partial charge on any atom is 0.315 e. The van der Waals surface area contributed by atoms with Gasteiger partial charge in [-0.3, -0.25) is 15.1 Å². The monoisotopic (exact) mass is 286 g/mol. The first-order chi connectivity index (χ1) is 10.0. The number of aryl methyl sites for hydroxylation is 1. The number of rotatable bonds is 4. The van der Waals surface area contributed by atoms with Gasteiger partial charge in [-0.2, -0.15) is 0 Å². The number of para-hydroxylation sites is 1. The highest BCUT2D eigenvalue weighted by atomic mass is 16.6. The molecule has 6 heteroatoms. The van der Waals surface area contributed by atoms with E-state index >= 15 is 0 Å². The molecule has 0 amide bonds. The van der Waals surface area contributed by atoms with Gasteiger partial charge in [-0.15, -0.1) is 0 Å². The highest BCUT2D eigenvalue weighted by Gasteiger charge is 2.19. The minimum atomic E-state index is -0.664. The van der Waals surface area contributed by atoms with E-state index in [0.717, 1.165) is 11.3 Å². The van der Waals surface area contributed by atoms with E-state index in [1.807, 2.05) is 31.2 Å². The summed E-state index contributed by atoms with van der Waals surface area (Å²) in [6.45, 7) is 1.92. The van der Waals surface area contributed by atoms with Crippen LogP contribution in [0.15, 0.2) is 41.4 Å². The zero-order valence-electron chi connectivity index (χ0n) is 11.6. The molecule has 0 aromatic heterocycles. The van der Waals surface area contributed by atoms with Crippen molar-refractivity contribution in [1.82, 2.24) is 0 Å². The lowest BCUT2D eigenvalue weighted by atomic mass is 10.1. The number of phenols is 1. The molecule has 0 saturated heterocycles. The van der Waals surface area contributed by atoms with Crippen molar-refractivity contribution in [3.63, 3.8) is 0 Å². The van der Waals surface area contributed by atoms with Gasteiger partial charge in [0.2, 0.25) is 5.75 Å². The van der Waals surface area contributed by atoms with Crippen LogP contribution in [-0.2, 0) is 0 Å². The molecule has 2 aromatic carbocycles. The normalized spacial score (nSPS) is 10.8. The van der Waals surface area contributed by atoms with E-state index in [4.69, 9.17) is 4.74 Å². The molecule has 0 aliphatic carbocycles. The van der Waals surface area contributed by atoms with Gasteiger partial charge in [-0.05, 0) is 24.6 Å². The van der Waals surface area contributed by atoms with Crippen molar-refractivity contribution >= 4 is 17.6 Å². The second-order valence-corrected chi connectivity index (χ2v) is 4.39. The predicted molar refractivity (Wildman–Crippen MR) is 79.7 cm³/mol. The molecule has 0 radical (unpaired) electrons. The molecule has 2 rings (SSSR count). The number of aliphatic imine (C=N–C) groups is 1. The van der Waals surface area contributed by atoms with E-state index in [0.29, 0.717) is 5.56 Å². The van der Waals surface area contributed by atoms with E-state index in [1.54, 1.807) is 0 Å². The van der Waals surface area contributed by atoms with Crippen LogP contribution < -0.4 is 4.74 Å². The molecule has 0 atom stereocenters. The third kappa shape index (κ3) is 3.17. The second-order valence-electron chi connectivity index (χ2n) is 4.39. The lowest BCUT2D eigenvalue weighted by Gasteiger charge is -2.05.